The first-order valence-corrected chi connectivity index (χ1v) is 6.84. The zero-order valence-electron chi connectivity index (χ0n) is 12.4. The van der Waals surface area contributed by atoms with E-state index in [1.807, 2.05) is 52.0 Å². The van der Waals surface area contributed by atoms with Gasteiger partial charge in [-0.3, -0.25) is 4.79 Å². The third-order valence-corrected chi connectivity index (χ3v) is 3.58. The van der Waals surface area contributed by atoms with Gasteiger partial charge in [0.05, 0.1) is 11.7 Å². The van der Waals surface area contributed by atoms with Gasteiger partial charge in [0.25, 0.3) is 5.91 Å². The van der Waals surface area contributed by atoms with Crippen LogP contribution in [-0.4, -0.2) is 28.6 Å². The van der Waals surface area contributed by atoms with Gasteiger partial charge >= 0.3 is 0 Å². The van der Waals surface area contributed by atoms with Gasteiger partial charge in [-0.15, -0.1) is 0 Å². The van der Waals surface area contributed by atoms with Gasteiger partial charge in [-0.05, 0) is 18.4 Å². The first kappa shape index (κ1) is 14.6. The Morgan fingerprint density at radius 2 is 2.00 bits per heavy atom. The maximum Gasteiger partial charge on any atom is 0.253 e. The Hall–Kier alpha value is -1.81. The van der Waals surface area contributed by atoms with Crippen molar-refractivity contribution in [3.05, 3.63) is 35.5 Å². The Bertz CT molecular complexity index is 623. The van der Waals surface area contributed by atoms with E-state index >= 15 is 0 Å². The monoisotopic (exact) mass is 274 g/mol. The van der Waals surface area contributed by atoms with E-state index in [9.17, 15) is 9.90 Å². The van der Waals surface area contributed by atoms with Crippen LogP contribution in [0.2, 0.25) is 0 Å². The largest absolute Gasteiger partial charge is 0.391 e. The van der Waals surface area contributed by atoms with E-state index in [1.165, 1.54) is 0 Å². The molecule has 108 valence electrons. The molecule has 0 aliphatic rings. The summed E-state index contributed by atoms with van der Waals surface area (Å²) in [6, 6.07) is 7.72. The SMILES string of the molecule is Cc1[nH]c2ccccc2c1C(=O)NCC(O)C(C)(C)C. The summed E-state index contributed by atoms with van der Waals surface area (Å²) >= 11 is 0. The Kier molecular flexibility index (Phi) is 3.86. The second-order valence-electron chi connectivity index (χ2n) is 6.26. The number of aliphatic hydroxyl groups is 1. The topological polar surface area (TPSA) is 65.1 Å². The fraction of sp³-hybridized carbons (Fsp3) is 0.438. The molecule has 1 amide bonds. The summed E-state index contributed by atoms with van der Waals surface area (Å²) in [5.74, 6) is -0.150. The molecule has 4 nitrogen and oxygen atoms in total. The van der Waals surface area contributed by atoms with Crippen LogP contribution in [0.1, 0.15) is 36.8 Å². The van der Waals surface area contributed by atoms with Gasteiger partial charge in [-0.2, -0.15) is 0 Å². The Labute approximate surface area is 119 Å². The number of amides is 1. The lowest BCUT2D eigenvalue weighted by Gasteiger charge is -2.25. The van der Waals surface area contributed by atoms with E-state index < -0.39 is 6.10 Å². The summed E-state index contributed by atoms with van der Waals surface area (Å²) in [5.41, 5.74) is 2.20. The maximum atomic E-state index is 12.3. The third kappa shape index (κ3) is 2.85. The average Bonchev–Trinajstić information content (AvgIpc) is 2.70. The normalized spacial score (nSPS) is 13.4. The highest BCUT2D eigenvalue weighted by molar-refractivity contribution is 6.08. The number of hydrogen-bond acceptors (Lipinski definition) is 2. The summed E-state index contributed by atoms with van der Waals surface area (Å²) in [6.45, 7) is 7.97. The number of H-pyrrole nitrogens is 1. The predicted molar refractivity (Wildman–Crippen MR) is 80.8 cm³/mol. The van der Waals surface area contributed by atoms with Crippen molar-refractivity contribution in [3.63, 3.8) is 0 Å². The Balaban J connectivity index is 2.18. The van der Waals surface area contributed by atoms with Crippen LogP contribution >= 0.6 is 0 Å². The maximum absolute atomic E-state index is 12.3. The summed E-state index contributed by atoms with van der Waals surface area (Å²) in [6.07, 6.45) is -0.572. The molecule has 2 aromatic rings. The van der Waals surface area contributed by atoms with Crippen molar-refractivity contribution in [3.8, 4) is 0 Å². The molecular weight excluding hydrogens is 252 g/mol. The highest BCUT2D eigenvalue weighted by Crippen LogP contribution is 2.22. The first-order chi connectivity index (χ1) is 9.30. The molecule has 0 fully saturated rings. The molecule has 4 heteroatoms. The first-order valence-electron chi connectivity index (χ1n) is 6.84. The molecule has 1 aromatic heterocycles. The van der Waals surface area contributed by atoms with Crippen molar-refractivity contribution in [1.82, 2.24) is 10.3 Å². The molecular formula is C16H22N2O2. The molecule has 0 saturated carbocycles. The molecule has 1 unspecified atom stereocenters. The summed E-state index contributed by atoms with van der Waals surface area (Å²) in [4.78, 5) is 15.5. The van der Waals surface area contributed by atoms with Crippen LogP contribution in [0.5, 0.6) is 0 Å². The van der Waals surface area contributed by atoms with Crippen molar-refractivity contribution in [2.45, 2.75) is 33.8 Å². The van der Waals surface area contributed by atoms with E-state index in [4.69, 9.17) is 0 Å². The number of aryl methyl sites for hydroxylation is 1. The molecule has 0 saturated heterocycles. The molecule has 0 radical (unpaired) electrons. The fourth-order valence-electron chi connectivity index (χ4n) is 2.15. The average molecular weight is 274 g/mol. The molecule has 2 rings (SSSR count). The van der Waals surface area contributed by atoms with Crippen molar-refractivity contribution < 1.29 is 9.90 Å². The van der Waals surface area contributed by atoms with Crippen LogP contribution in [-0.2, 0) is 0 Å². The number of para-hydroxylation sites is 1. The van der Waals surface area contributed by atoms with Gasteiger partial charge in [0, 0.05) is 23.1 Å². The smallest absolute Gasteiger partial charge is 0.253 e. The third-order valence-electron chi connectivity index (χ3n) is 3.58. The molecule has 1 heterocycles. The van der Waals surface area contributed by atoms with Gasteiger partial charge in [-0.1, -0.05) is 39.0 Å². The van der Waals surface area contributed by atoms with Gasteiger partial charge in [0.15, 0.2) is 0 Å². The number of carbonyl (C=O) groups excluding carboxylic acids is 1. The minimum atomic E-state index is -0.572. The van der Waals surface area contributed by atoms with Gasteiger partial charge in [0.1, 0.15) is 0 Å². The molecule has 0 spiro atoms. The molecule has 1 atom stereocenters. The number of aromatic nitrogens is 1. The van der Waals surface area contributed by atoms with Gasteiger partial charge in [-0.25, -0.2) is 0 Å². The molecule has 0 aliphatic heterocycles. The number of rotatable bonds is 3. The Morgan fingerprint density at radius 3 is 2.65 bits per heavy atom. The number of nitrogens with one attached hydrogen (secondary N) is 2. The number of fused-ring (bicyclic) bond motifs is 1. The number of carbonyl (C=O) groups is 1. The van der Waals surface area contributed by atoms with E-state index in [-0.39, 0.29) is 17.9 Å². The van der Waals surface area contributed by atoms with E-state index in [0.717, 1.165) is 16.6 Å². The molecule has 1 aromatic carbocycles. The number of aromatic amines is 1. The van der Waals surface area contributed by atoms with Crippen molar-refractivity contribution >= 4 is 16.8 Å². The zero-order chi connectivity index (χ0) is 14.9. The molecule has 3 N–H and O–H groups in total. The standard InChI is InChI=1S/C16H22N2O2/c1-10-14(11-7-5-6-8-12(11)18-10)15(20)17-9-13(19)16(2,3)4/h5-8,13,18-19H,9H2,1-4H3,(H,17,20). The summed E-state index contributed by atoms with van der Waals surface area (Å²) in [5, 5.41) is 13.7. The van der Waals surface area contributed by atoms with Crippen LogP contribution in [0, 0.1) is 12.3 Å². The lowest BCUT2D eigenvalue weighted by atomic mass is 9.89. The van der Waals surface area contributed by atoms with E-state index in [0.29, 0.717) is 5.56 Å². The number of aliphatic hydroxyl groups excluding tert-OH is 1. The second kappa shape index (κ2) is 5.29. The molecule has 0 bridgehead atoms. The lowest BCUT2D eigenvalue weighted by molar-refractivity contribution is 0.0587. The number of hydrogen-bond donors (Lipinski definition) is 3. The minimum Gasteiger partial charge on any atom is -0.391 e. The Morgan fingerprint density at radius 1 is 1.35 bits per heavy atom. The summed E-state index contributed by atoms with van der Waals surface area (Å²) < 4.78 is 0. The zero-order valence-corrected chi connectivity index (χ0v) is 12.4. The van der Waals surface area contributed by atoms with Crippen LogP contribution < -0.4 is 5.32 Å². The summed E-state index contributed by atoms with van der Waals surface area (Å²) in [7, 11) is 0. The van der Waals surface area contributed by atoms with Gasteiger partial charge < -0.3 is 15.4 Å². The van der Waals surface area contributed by atoms with E-state index in [1.54, 1.807) is 0 Å². The van der Waals surface area contributed by atoms with Crippen molar-refractivity contribution in [2.24, 2.45) is 5.41 Å². The predicted octanol–water partition coefficient (Wildman–Crippen LogP) is 2.61. The van der Waals surface area contributed by atoms with Crippen molar-refractivity contribution in [2.75, 3.05) is 6.54 Å². The highest BCUT2D eigenvalue weighted by atomic mass is 16.3. The number of benzene rings is 1. The highest BCUT2D eigenvalue weighted by Gasteiger charge is 2.23. The lowest BCUT2D eigenvalue weighted by Crippen LogP contribution is -2.39. The van der Waals surface area contributed by atoms with Crippen LogP contribution in [0.25, 0.3) is 10.9 Å². The van der Waals surface area contributed by atoms with Crippen LogP contribution in [0.4, 0.5) is 0 Å². The van der Waals surface area contributed by atoms with Crippen molar-refractivity contribution in [1.29, 1.82) is 0 Å². The molecule has 20 heavy (non-hydrogen) atoms. The van der Waals surface area contributed by atoms with Crippen LogP contribution in [0.15, 0.2) is 24.3 Å². The van der Waals surface area contributed by atoms with E-state index in [2.05, 4.69) is 10.3 Å². The second-order valence-corrected chi connectivity index (χ2v) is 6.26. The fourth-order valence-corrected chi connectivity index (χ4v) is 2.15. The van der Waals surface area contributed by atoms with Gasteiger partial charge in [0.2, 0.25) is 0 Å². The quantitative estimate of drug-likeness (QED) is 0.805. The molecule has 0 aliphatic carbocycles. The van der Waals surface area contributed by atoms with Crippen LogP contribution in [0.3, 0.4) is 0 Å². The minimum absolute atomic E-state index is 0.150.